The Balaban J connectivity index is 2.61. The molecule has 0 saturated heterocycles. The molecule has 4 nitrogen and oxygen atoms in total. The zero-order chi connectivity index (χ0) is 14.0. The minimum atomic E-state index is -4.61. The molecule has 0 aliphatic rings. The molecule has 0 radical (unpaired) electrons. The lowest BCUT2D eigenvalue weighted by Gasteiger charge is -2.08. The fourth-order valence-corrected chi connectivity index (χ4v) is 1.63. The maximum absolute atomic E-state index is 12.5. The molecule has 0 unspecified atom stereocenters. The lowest BCUT2D eigenvalue weighted by Crippen LogP contribution is -2.06. The summed E-state index contributed by atoms with van der Waals surface area (Å²) >= 11 is 0. The van der Waals surface area contributed by atoms with Crippen LogP contribution in [0, 0.1) is 10.1 Å². The summed E-state index contributed by atoms with van der Waals surface area (Å²) in [5.74, 6) is 0. The van der Waals surface area contributed by atoms with Crippen molar-refractivity contribution < 1.29 is 18.1 Å². The first kappa shape index (κ1) is 13.0. The molecule has 0 aliphatic heterocycles. The molecule has 98 valence electrons. The van der Waals surface area contributed by atoms with Gasteiger partial charge in [-0.2, -0.15) is 13.2 Å². The van der Waals surface area contributed by atoms with Crippen LogP contribution in [-0.4, -0.2) is 9.91 Å². The number of halogens is 3. The van der Waals surface area contributed by atoms with Gasteiger partial charge in [0.2, 0.25) is 0 Å². The first-order chi connectivity index (χ1) is 8.89. The third kappa shape index (κ3) is 2.70. The summed E-state index contributed by atoms with van der Waals surface area (Å²) in [6, 6.07) is 5.44. The van der Waals surface area contributed by atoms with Crippen molar-refractivity contribution in [3.8, 4) is 11.1 Å². The Morgan fingerprint density at radius 1 is 1.11 bits per heavy atom. The molecule has 0 saturated carbocycles. The van der Waals surface area contributed by atoms with Crippen molar-refractivity contribution in [2.45, 2.75) is 6.18 Å². The minimum absolute atomic E-state index is 0.125. The fraction of sp³-hybridized carbons (Fsp3) is 0.0833. The average molecular weight is 268 g/mol. The highest BCUT2D eigenvalue weighted by molar-refractivity contribution is 5.73. The van der Waals surface area contributed by atoms with E-state index in [0.717, 1.165) is 12.1 Å². The molecule has 0 aliphatic carbocycles. The Morgan fingerprint density at radius 3 is 2.26 bits per heavy atom. The number of benzene rings is 1. The van der Waals surface area contributed by atoms with Gasteiger partial charge in [-0.05, 0) is 29.8 Å². The van der Waals surface area contributed by atoms with Gasteiger partial charge in [0, 0.05) is 18.5 Å². The van der Waals surface area contributed by atoms with E-state index in [0.29, 0.717) is 11.6 Å². The molecule has 0 atom stereocenters. The Kier molecular flexibility index (Phi) is 3.20. The minimum Gasteiger partial charge on any atom is -0.265 e. The van der Waals surface area contributed by atoms with Crippen LogP contribution in [0.4, 0.5) is 18.9 Å². The first-order valence-electron chi connectivity index (χ1n) is 5.15. The molecule has 0 spiro atoms. The summed E-state index contributed by atoms with van der Waals surface area (Å²) < 4.78 is 37.6. The van der Waals surface area contributed by atoms with Crippen molar-refractivity contribution in [3.63, 3.8) is 0 Å². The quantitative estimate of drug-likeness (QED) is 0.616. The smallest absolute Gasteiger partial charge is 0.265 e. The van der Waals surface area contributed by atoms with E-state index in [4.69, 9.17) is 0 Å². The van der Waals surface area contributed by atoms with Crippen LogP contribution in [0.5, 0.6) is 0 Å². The summed E-state index contributed by atoms with van der Waals surface area (Å²) in [6.07, 6.45) is -1.78. The SMILES string of the molecule is O=[N+]([O-])c1cc(C(F)(F)F)ccc1-c1ccncc1. The molecule has 1 heterocycles. The van der Waals surface area contributed by atoms with Crippen molar-refractivity contribution in [2.75, 3.05) is 0 Å². The van der Waals surface area contributed by atoms with Crippen LogP contribution in [0.1, 0.15) is 5.56 Å². The summed E-state index contributed by atoms with van der Waals surface area (Å²) in [7, 11) is 0. The number of nitro benzene ring substituents is 1. The van der Waals surface area contributed by atoms with E-state index in [1.54, 1.807) is 0 Å². The number of nitrogens with zero attached hydrogens (tertiary/aromatic N) is 2. The standard InChI is InChI=1S/C12H7F3N2O2/c13-12(14,15)9-1-2-10(11(7-9)17(18)19)8-3-5-16-6-4-8/h1-7H. The predicted octanol–water partition coefficient (Wildman–Crippen LogP) is 3.68. The van der Waals surface area contributed by atoms with Crippen LogP contribution < -0.4 is 0 Å². The Bertz CT molecular complexity index is 612. The van der Waals surface area contributed by atoms with Crippen molar-refractivity contribution >= 4 is 5.69 Å². The maximum atomic E-state index is 12.5. The van der Waals surface area contributed by atoms with E-state index in [1.807, 2.05) is 0 Å². The number of aromatic nitrogens is 1. The fourth-order valence-electron chi connectivity index (χ4n) is 1.63. The highest BCUT2D eigenvalue weighted by Gasteiger charge is 2.33. The second kappa shape index (κ2) is 4.68. The molecule has 2 rings (SSSR count). The van der Waals surface area contributed by atoms with E-state index >= 15 is 0 Å². The molecule has 1 aromatic carbocycles. The molecule has 7 heteroatoms. The largest absolute Gasteiger partial charge is 0.416 e. The Morgan fingerprint density at radius 2 is 1.74 bits per heavy atom. The Labute approximate surface area is 105 Å². The monoisotopic (exact) mass is 268 g/mol. The van der Waals surface area contributed by atoms with Crippen LogP contribution in [0.15, 0.2) is 42.7 Å². The average Bonchev–Trinajstić information content (AvgIpc) is 2.38. The lowest BCUT2D eigenvalue weighted by molar-refractivity contribution is -0.384. The number of nitro groups is 1. The zero-order valence-electron chi connectivity index (χ0n) is 9.39. The van der Waals surface area contributed by atoms with E-state index in [-0.39, 0.29) is 5.56 Å². The third-order valence-electron chi connectivity index (χ3n) is 2.51. The number of hydrogen-bond acceptors (Lipinski definition) is 3. The van der Waals surface area contributed by atoms with E-state index in [9.17, 15) is 23.3 Å². The zero-order valence-corrected chi connectivity index (χ0v) is 9.39. The highest BCUT2D eigenvalue weighted by atomic mass is 19.4. The molecular weight excluding hydrogens is 261 g/mol. The summed E-state index contributed by atoms with van der Waals surface area (Å²) in [5.41, 5.74) is -1.06. The van der Waals surface area contributed by atoms with Gasteiger partial charge >= 0.3 is 6.18 Å². The van der Waals surface area contributed by atoms with Crippen molar-refractivity contribution in [1.29, 1.82) is 0 Å². The van der Waals surface area contributed by atoms with Gasteiger partial charge in [0.15, 0.2) is 0 Å². The van der Waals surface area contributed by atoms with Crippen LogP contribution >= 0.6 is 0 Å². The highest BCUT2D eigenvalue weighted by Crippen LogP contribution is 2.36. The van der Waals surface area contributed by atoms with Gasteiger partial charge in [-0.25, -0.2) is 0 Å². The van der Waals surface area contributed by atoms with Crippen LogP contribution in [0.25, 0.3) is 11.1 Å². The van der Waals surface area contributed by atoms with E-state index < -0.39 is 22.4 Å². The molecule has 19 heavy (non-hydrogen) atoms. The third-order valence-corrected chi connectivity index (χ3v) is 2.51. The normalized spacial score (nSPS) is 11.3. The maximum Gasteiger partial charge on any atom is 0.416 e. The second-order valence-corrected chi connectivity index (χ2v) is 3.72. The second-order valence-electron chi connectivity index (χ2n) is 3.72. The van der Waals surface area contributed by atoms with Gasteiger partial charge in [0.05, 0.1) is 16.1 Å². The van der Waals surface area contributed by atoms with Gasteiger partial charge in [0.25, 0.3) is 5.69 Å². The predicted molar refractivity (Wildman–Crippen MR) is 61.3 cm³/mol. The van der Waals surface area contributed by atoms with Gasteiger partial charge < -0.3 is 0 Å². The van der Waals surface area contributed by atoms with Crippen LogP contribution in [0.2, 0.25) is 0 Å². The van der Waals surface area contributed by atoms with Gasteiger partial charge in [-0.1, -0.05) is 0 Å². The van der Waals surface area contributed by atoms with Crippen molar-refractivity contribution in [3.05, 3.63) is 58.4 Å². The number of hydrogen-bond donors (Lipinski definition) is 0. The van der Waals surface area contributed by atoms with Gasteiger partial charge in [0.1, 0.15) is 0 Å². The molecule has 0 N–H and O–H groups in total. The molecule has 1 aromatic heterocycles. The molecule has 0 bridgehead atoms. The molecule has 2 aromatic rings. The Hall–Kier alpha value is -2.44. The van der Waals surface area contributed by atoms with Gasteiger partial charge in [-0.3, -0.25) is 15.1 Å². The lowest BCUT2D eigenvalue weighted by atomic mass is 10.0. The van der Waals surface area contributed by atoms with Crippen molar-refractivity contribution in [2.24, 2.45) is 0 Å². The number of pyridine rings is 1. The van der Waals surface area contributed by atoms with Gasteiger partial charge in [-0.15, -0.1) is 0 Å². The van der Waals surface area contributed by atoms with E-state index in [2.05, 4.69) is 4.98 Å². The first-order valence-corrected chi connectivity index (χ1v) is 5.15. The molecular formula is C12H7F3N2O2. The summed E-state index contributed by atoms with van der Waals surface area (Å²) in [5, 5.41) is 10.9. The summed E-state index contributed by atoms with van der Waals surface area (Å²) in [6.45, 7) is 0. The van der Waals surface area contributed by atoms with Crippen molar-refractivity contribution in [1.82, 2.24) is 4.98 Å². The van der Waals surface area contributed by atoms with Crippen LogP contribution in [0.3, 0.4) is 0 Å². The number of rotatable bonds is 2. The summed E-state index contributed by atoms with van der Waals surface area (Å²) in [4.78, 5) is 13.8. The topological polar surface area (TPSA) is 56.0 Å². The van der Waals surface area contributed by atoms with E-state index in [1.165, 1.54) is 24.5 Å². The van der Waals surface area contributed by atoms with Crippen LogP contribution in [-0.2, 0) is 6.18 Å². The molecule has 0 fully saturated rings. The number of alkyl halides is 3. The molecule has 0 amide bonds.